The molecule has 0 aliphatic carbocycles. The molecule has 2 unspecified atom stereocenters. The summed E-state index contributed by atoms with van der Waals surface area (Å²) in [6.45, 7) is 4.96. The van der Waals surface area contributed by atoms with Crippen LogP contribution in [0.2, 0.25) is 0 Å². The van der Waals surface area contributed by atoms with E-state index in [0.29, 0.717) is 25.9 Å². The number of hydrogen-bond acceptors (Lipinski definition) is 5. The monoisotopic (exact) mass is 1000 g/mol. The van der Waals surface area contributed by atoms with E-state index in [1.165, 1.54) is 295 Å². The molecule has 0 aliphatic rings. The Hall–Kier alpha value is -1.40. The van der Waals surface area contributed by atoms with E-state index in [2.05, 4.69) is 31.3 Å². The molecule has 422 valence electrons. The van der Waals surface area contributed by atoms with Gasteiger partial charge in [-0.1, -0.05) is 315 Å². The first-order chi connectivity index (χ1) is 35.0. The fraction of sp³-hybridized carbons (Fsp3) is 0.938. The van der Waals surface area contributed by atoms with Gasteiger partial charge in [0.15, 0.2) is 0 Å². The van der Waals surface area contributed by atoms with Gasteiger partial charge in [-0.3, -0.25) is 9.59 Å². The molecule has 0 radical (unpaired) electrons. The second kappa shape index (κ2) is 61.1. The van der Waals surface area contributed by atoms with Crippen molar-refractivity contribution in [1.29, 1.82) is 0 Å². The number of allylic oxidation sites excluding steroid dienone is 2. The van der Waals surface area contributed by atoms with E-state index in [4.69, 9.17) is 4.74 Å². The Morgan fingerprint density at radius 2 is 0.662 bits per heavy atom. The van der Waals surface area contributed by atoms with Crippen LogP contribution in [0.4, 0.5) is 0 Å². The van der Waals surface area contributed by atoms with Gasteiger partial charge in [0.2, 0.25) is 5.91 Å². The van der Waals surface area contributed by atoms with Crippen molar-refractivity contribution < 1.29 is 24.5 Å². The molecule has 6 heteroatoms. The van der Waals surface area contributed by atoms with E-state index >= 15 is 0 Å². The fourth-order valence-electron chi connectivity index (χ4n) is 10.3. The minimum atomic E-state index is -0.660. The lowest BCUT2D eigenvalue weighted by atomic mass is 10.0. The fourth-order valence-corrected chi connectivity index (χ4v) is 10.3. The maximum absolute atomic E-state index is 12.4. The summed E-state index contributed by atoms with van der Waals surface area (Å²) in [4.78, 5) is 24.5. The molecule has 0 aromatic heterocycles. The lowest BCUT2D eigenvalue weighted by Gasteiger charge is -2.22. The van der Waals surface area contributed by atoms with Crippen molar-refractivity contribution in [2.45, 2.75) is 379 Å². The molecule has 0 fully saturated rings. The molecule has 0 heterocycles. The Balaban J connectivity index is 3.32. The summed E-state index contributed by atoms with van der Waals surface area (Å²) in [5.74, 6) is -0.0144. The number of aliphatic hydroxyl groups excluding tert-OH is 2. The molecule has 0 rings (SSSR count). The number of esters is 1. The molecule has 0 saturated carbocycles. The first kappa shape index (κ1) is 69.6. The third-order valence-corrected chi connectivity index (χ3v) is 15.3. The third kappa shape index (κ3) is 57.7. The lowest BCUT2D eigenvalue weighted by Crippen LogP contribution is -2.45. The zero-order chi connectivity index (χ0) is 51.4. The highest BCUT2D eigenvalue weighted by Gasteiger charge is 2.20. The van der Waals surface area contributed by atoms with Gasteiger partial charge in [-0.2, -0.15) is 0 Å². The highest BCUT2D eigenvalue weighted by Crippen LogP contribution is 2.18. The first-order valence-electron chi connectivity index (χ1n) is 32.4. The number of amides is 1. The van der Waals surface area contributed by atoms with Crippen LogP contribution in [-0.2, 0) is 14.3 Å². The lowest BCUT2D eigenvalue weighted by molar-refractivity contribution is -0.143. The molecular weight excluding hydrogens is 875 g/mol. The normalized spacial score (nSPS) is 12.6. The van der Waals surface area contributed by atoms with Crippen molar-refractivity contribution in [2.24, 2.45) is 0 Å². The average Bonchev–Trinajstić information content (AvgIpc) is 3.37. The number of ether oxygens (including phenoxy) is 1. The molecule has 1 amide bonds. The van der Waals surface area contributed by atoms with Crippen molar-refractivity contribution in [3.63, 3.8) is 0 Å². The smallest absolute Gasteiger partial charge is 0.305 e. The largest absolute Gasteiger partial charge is 0.466 e. The second-order valence-electron chi connectivity index (χ2n) is 22.5. The molecule has 3 N–H and O–H groups in total. The van der Waals surface area contributed by atoms with Crippen molar-refractivity contribution in [3.05, 3.63) is 12.2 Å². The van der Waals surface area contributed by atoms with Crippen LogP contribution in [-0.4, -0.2) is 47.4 Å². The van der Waals surface area contributed by atoms with Crippen LogP contribution in [0.15, 0.2) is 12.2 Å². The number of nitrogens with one attached hydrogen (secondary N) is 1. The van der Waals surface area contributed by atoms with Crippen molar-refractivity contribution >= 4 is 11.9 Å². The quantitative estimate of drug-likeness (QED) is 0.0320. The molecule has 71 heavy (non-hydrogen) atoms. The van der Waals surface area contributed by atoms with Gasteiger partial charge in [0.25, 0.3) is 0 Å². The molecule has 0 saturated heterocycles. The standard InChI is InChI=1S/C65H127NO5/c1-3-5-7-9-11-13-14-15-16-33-36-39-43-47-51-55-59-65(70)71-60-56-52-48-44-40-37-34-31-29-27-25-23-21-19-17-18-20-22-24-26-28-30-32-35-38-42-46-50-54-58-64(69)66-62(61-67)63(68)57-53-49-45-41-12-10-8-6-4-2/h17,19,62-63,67-68H,3-16,18,20-61H2,1-2H3,(H,66,69)/b19-17-. The third-order valence-electron chi connectivity index (χ3n) is 15.3. The molecule has 0 bridgehead atoms. The predicted molar refractivity (Wildman–Crippen MR) is 310 cm³/mol. The second-order valence-corrected chi connectivity index (χ2v) is 22.5. The van der Waals surface area contributed by atoms with Gasteiger partial charge in [0.05, 0.1) is 25.4 Å². The molecule has 0 aromatic carbocycles. The summed E-state index contributed by atoms with van der Waals surface area (Å²) in [6.07, 6.45) is 74.0. The van der Waals surface area contributed by atoms with E-state index in [0.717, 1.165) is 38.5 Å². The van der Waals surface area contributed by atoms with Crippen LogP contribution < -0.4 is 5.32 Å². The van der Waals surface area contributed by atoms with Crippen LogP contribution in [0.1, 0.15) is 367 Å². The summed E-state index contributed by atoms with van der Waals surface area (Å²) >= 11 is 0. The van der Waals surface area contributed by atoms with Crippen LogP contribution in [0, 0.1) is 0 Å². The van der Waals surface area contributed by atoms with Crippen molar-refractivity contribution in [3.8, 4) is 0 Å². The first-order valence-corrected chi connectivity index (χ1v) is 32.4. The number of rotatable bonds is 61. The van der Waals surface area contributed by atoms with Gasteiger partial charge in [0, 0.05) is 12.8 Å². The van der Waals surface area contributed by atoms with Gasteiger partial charge in [-0.05, 0) is 51.4 Å². The molecule has 2 atom stereocenters. The number of unbranched alkanes of at least 4 members (excludes halogenated alkanes) is 48. The molecule has 0 aliphatic heterocycles. The minimum absolute atomic E-state index is 0.0205. The zero-order valence-corrected chi connectivity index (χ0v) is 48.2. The zero-order valence-electron chi connectivity index (χ0n) is 48.2. The molecule has 0 spiro atoms. The van der Waals surface area contributed by atoms with Crippen LogP contribution in [0.25, 0.3) is 0 Å². The van der Waals surface area contributed by atoms with Crippen LogP contribution in [0.5, 0.6) is 0 Å². The van der Waals surface area contributed by atoms with Crippen molar-refractivity contribution in [2.75, 3.05) is 13.2 Å². The summed E-state index contributed by atoms with van der Waals surface area (Å²) in [5.41, 5.74) is 0. The van der Waals surface area contributed by atoms with E-state index in [9.17, 15) is 19.8 Å². The van der Waals surface area contributed by atoms with Crippen molar-refractivity contribution in [1.82, 2.24) is 5.32 Å². The summed E-state index contributed by atoms with van der Waals surface area (Å²) in [5, 5.41) is 23.1. The van der Waals surface area contributed by atoms with E-state index in [1.807, 2.05) is 0 Å². The number of aliphatic hydroxyl groups is 2. The van der Waals surface area contributed by atoms with Gasteiger partial charge in [-0.15, -0.1) is 0 Å². The van der Waals surface area contributed by atoms with Gasteiger partial charge in [-0.25, -0.2) is 0 Å². The summed E-state index contributed by atoms with van der Waals surface area (Å²) in [6, 6.07) is -0.538. The number of hydrogen-bond donors (Lipinski definition) is 3. The Kier molecular flexibility index (Phi) is 59.9. The molecular formula is C65H127NO5. The topological polar surface area (TPSA) is 95.9 Å². The molecule has 0 aromatic rings. The average molecular weight is 1000 g/mol. The highest BCUT2D eigenvalue weighted by molar-refractivity contribution is 5.76. The number of carbonyl (C=O) groups is 2. The Morgan fingerprint density at radius 3 is 1.00 bits per heavy atom. The Bertz CT molecular complexity index is 1060. The van der Waals surface area contributed by atoms with Crippen LogP contribution in [0.3, 0.4) is 0 Å². The predicted octanol–water partition coefficient (Wildman–Crippen LogP) is 20.4. The summed E-state index contributed by atoms with van der Waals surface area (Å²) < 4.78 is 5.50. The van der Waals surface area contributed by atoms with Gasteiger partial charge >= 0.3 is 5.97 Å². The van der Waals surface area contributed by atoms with Gasteiger partial charge < -0.3 is 20.3 Å². The maximum atomic E-state index is 12.4. The van der Waals surface area contributed by atoms with E-state index < -0.39 is 12.1 Å². The van der Waals surface area contributed by atoms with Crippen LogP contribution >= 0.6 is 0 Å². The molecule has 6 nitrogen and oxygen atoms in total. The van der Waals surface area contributed by atoms with E-state index in [-0.39, 0.29) is 18.5 Å². The Labute approximate surface area is 444 Å². The maximum Gasteiger partial charge on any atom is 0.305 e. The van der Waals surface area contributed by atoms with E-state index in [1.54, 1.807) is 0 Å². The summed E-state index contributed by atoms with van der Waals surface area (Å²) in [7, 11) is 0. The van der Waals surface area contributed by atoms with Gasteiger partial charge in [0.1, 0.15) is 0 Å². The SMILES string of the molecule is CCCCCCCCCCCCCCCCCCC(=O)OCCCCCCCCCCCCCC/C=C\CCCCCCCCCCCCCCCC(=O)NC(CO)C(O)CCCCCCCCCCC. The Morgan fingerprint density at radius 1 is 0.380 bits per heavy atom. The highest BCUT2D eigenvalue weighted by atomic mass is 16.5. The minimum Gasteiger partial charge on any atom is -0.466 e. The number of carbonyl (C=O) groups excluding carboxylic acids is 2.